The van der Waals surface area contributed by atoms with Gasteiger partial charge in [0.25, 0.3) is 0 Å². The first kappa shape index (κ1) is 16.0. The highest BCUT2D eigenvalue weighted by molar-refractivity contribution is 6.19. The van der Waals surface area contributed by atoms with Gasteiger partial charge in [0.2, 0.25) is 0 Å². The number of hydrogen-bond acceptors (Lipinski definition) is 4. The zero-order valence-electron chi connectivity index (χ0n) is 12.2. The third kappa shape index (κ3) is 4.53. The second-order valence-corrected chi connectivity index (χ2v) is 4.26. The van der Waals surface area contributed by atoms with E-state index in [1.165, 1.54) is 0 Å². The van der Waals surface area contributed by atoms with Gasteiger partial charge in [-0.25, -0.2) is 4.79 Å². The smallest absolute Gasteiger partial charge is 0.343 e. The number of aliphatic hydroxyl groups excluding tert-OH is 1. The number of rotatable bonds is 6. The number of aliphatic imine (C=N–C) groups is 1. The predicted molar refractivity (Wildman–Crippen MR) is 80.1 cm³/mol. The molecule has 0 saturated carbocycles. The van der Waals surface area contributed by atoms with E-state index >= 15 is 0 Å². The molecule has 0 bridgehead atoms. The number of benzene rings is 1. The molecule has 0 aliphatic rings. The Morgan fingerprint density at radius 3 is 2.45 bits per heavy atom. The Kier molecular flexibility index (Phi) is 6.50. The van der Waals surface area contributed by atoms with Crippen LogP contribution < -0.4 is 0 Å². The van der Waals surface area contributed by atoms with Crippen LogP contribution in [0.25, 0.3) is 0 Å². The average Bonchev–Trinajstić information content (AvgIpc) is 2.40. The molecule has 4 heteroatoms. The SMILES string of the molecule is CCN=C(C)C(C(=O)OCC)=C(O)Cc1ccccc1. The summed E-state index contributed by atoms with van der Waals surface area (Å²) >= 11 is 0. The minimum atomic E-state index is -0.532. The molecule has 0 atom stereocenters. The van der Waals surface area contributed by atoms with Crippen LogP contribution in [0.15, 0.2) is 46.7 Å². The van der Waals surface area contributed by atoms with E-state index < -0.39 is 5.97 Å². The summed E-state index contributed by atoms with van der Waals surface area (Å²) in [6.07, 6.45) is 0.283. The van der Waals surface area contributed by atoms with Crippen molar-refractivity contribution in [2.75, 3.05) is 13.2 Å². The van der Waals surface area contributed by atoms with E-state index in [2.05, 4.69) is 4.99 Å². The Morgan fingerprint density at radius 2 is 1.90 bits per heavy atom. The number of allylic oxidation sites excluding steroid dienone is 1. The average molecular weight is 275 g/mol. The van der Waals surface area contributed by atoms with Crippen molar-refractivity contribution in [1.29, 1.82) is 0 Å². The lowest BCUT2D eigenvalue weighted by atomic mass is 10.0. The topological polar surface area (TPSA) is 58.9 Å². The molecule has 1 rings (SSSR count). The van der Waals surface area contributed by atoms with Crippen molar-refractivity contribution in [2.24, 2.45) is 4.99 Å². The molecular formula is C16H21NO3. The maximum atomic E-state index is 12.0. The minimum Gasteiger partial charge on any atom is -0.511 e. The van der Waals surface area contributed by atoms with Crippen LogP contribution in [0.2, 0.25) is 0 Å². The molecule has 0 radical (unpaired) electrons. The van der Waals surface area contributed by atoms with Crippen molar-refractivity contribution in [3.05, 3.63) is 47.2 Å². The van der Waals surface area contributed by atoms with E-state index in [1.54, 1.807) is 13.8 Å². The molecule has 1 N–H and O–H groups in total. The van der Waals surface area contributed by atoms with Gasteiger partial charge in [-0.15, -0.1) is 0 Å². The lowest BCUT2D eigenvalue weighted by Crippen LogP contribution is -2.17. The van der Waals surface area contributed by atoms with E-state index in [1.807, 2.05) is 37.3 Å². The summed E-state index contributed by atoms with van der Waals surface area (Å²) in [7, 11) is 0. The highest BCUT2D eigenvalue weighted by Crippen LogP contribution is 2.13. The van der Waals surface area contributed by atoms with Crippen molar-refractivity contribution in [1.82, 2.24) is 0 Å². The molecule has 20 heavy (non-hydrogen) atoms. The van der Waals surface area contributed by atoms with Gasteiger partial charge in [-0.05, 0) is 26.3 Å². The van der Waals surface area contributed by atoms with Gasteiger partial charge in [0.05, 0.1) is 6.61 Å². The van der Waals surface area contributed by atoms with Crippen molar-refractivity contribution in [2.45, 2.75) is 27.2 Å². The van der Waals surface area contributed by atoms with Crippen LogP contribution in [-0.4, -0.2) is 29.9 Å². The quantitative estimate of drug-likeness (QED) is 0.375. The number of aliphatic hydroxyl groups is 1. The summed E-state index contributed by atoms with van der Waals surface area (Å²) < 4.78 is 4.99. The predicted octanol–water partition coefficient (Wildman–Crippen LogP) is 3.09. The summed E-state index contributed by atoms with van der Waals surface area (Å²) in [4.78, 5) is 16.2. The molecule has 1 aromatic carbocycles. The Labute approximate surface area is 119 Å². The lowest BCUT2D eigenvalue weighted by Gasteiger charge is -2.10. The van der Waals surface area contributed by atoms with Gasteiger partial charge in [-0.2, -0.15) is 0 Å². The molecule has 0 fully saturated rings. The molecule has 0 heterocycles. The van der Waals surface area contributed by atoms with Crippen LogP contribution in [0, 0.1) is 0 Å². The van der Waals surface area contributed by atoms with E-state index in [0.717, 1.165) is 5.56 Å². The molecular weight excluding hydrogens is 254 g/mol. The Hall–Kier alpha value is -2.10. The van der Waals surface area contributed by atoms with Crippen LogP contribution in [0.3, 0.4) is 0 Å². The summed E-state index contributed by atoms with van der Waals surface area (Å²) in [5.74, 6) is -0.542. The lowest BCUT2D eigenvalue weighted by molar-refractivity contribution is -0.138. The second kappa shape index (κ2) is 8.15. The number of ether oxygens (including phenoxy) is 1. The third-order valence-corrected chi connectivity index (χ3v) is 2.74. The van der Waals surface area contributed by atoms with E-state index in [-0.39, 0.29) is 24.4 Å². The summed E-state index contributed by atoms with van der Waals surface area (Å²) in [5, 5.41) is 10.3. The van der Waals surface area contributed by atoms with Gasteiger partial charge in [-0.1, -0.05) is 30.3 Å². The monoisotopic (exact) mass is 275 g/mol. The maximum Gasteiger partial charge on any atom is 0.343 e. The molecule has 0 aromatic heterocycles. The van der Waals surface area contributed by atoms with Crippen molar-refractivity contribution < 1.29 is 14.6 Å². The molecule has 108 valence electrons. The van der Waals surface area contributed by atoms with E-state index in [0.29, 0.717) is 12.3 Å². The van der Waals surface area contributed by atoms with Gasteiger partial charge < -0.3 is 9.84 Å². The standard InChI is InChI=1S/C16H21NO3/c1-4-17-12(3)15(16(19)20-5-2)14(18)11-13-9-7-6-8-10-13/h6-10,18H,4-5,11H2,1-3H3. The molecule has 4 nitrogen and oxygen atoms in total. The Morgan fingerprint density at radius 1 is 1.25 bits per heavy atom. The number of nitrogens with zero attached hydrogens (tertiary/aromatic N) is 1. The fourth-order valence-electron chi connectivity index (χ4n) is 1.87. The Bertz CT molecular complexity index is 504. The highest BCUT2D eigenvalue weighted by atomic mass is 16.5. The molecule has 0 aliphatic heterocycles. The van der Waals surface area contributed by atoms with Gasteiger partial charge >= 0.3 is 5.97 Å². The minimum absolute atomic E-state index is 0.00986. The van der Waals surface area contributed by atoms with E-state index in [4.69, 9.17) is 4.74 Å². The molecule has 0 amide bonds. The van der Waals surface area contributed by atoms with Crippen molar-refractivity contribution >= 4 is 11.7 Å². The molecule has 0 saturated heterocycles. The highest BCUT2D eigenvalue weighted by Gasteiger charge is 2.19. The number of esters is 1. The maximum absolute atomic E-state index is 12.0. The normalized spacial score (nSPS) is 12.8. The zero-order valence-corrected chi connectivity index (χ0v) is 12.2. The van der Waals surface area contributed by atoms with Crippen LogP contribution in [0.1, 0.15) is 26.3 Å². The zero-order chi connectivity index (χ0) is 15.0. The van der Waals surface area contributed by atoms with Crippen LogP contribution >= 0.6 is 0 Å². The number of hydrogen-bond donors (Lipinski definition) is 1. The third-order valence-electron chi connectivity index (χ3n) is 2.74. The van der Waals surface area contributed by atoms with Crippen LogP contribution in [0.4, 0.5) is 0 Å². The van der Waals surface area contributed by atoms with Gasteiger partial charge in [0.1, 0.15) is 11.3 Å². The first-order valence-corrected chi connectivity index (χ1v) is 6.74. The first-order valence-electron chi connectivity index (χ1n) is 6.74. The molecule has 0 spiro atoms. The van der Waals surface area contributed by atoms with Crippen LogP contribution in [-0.2, 0) is 16.0 Å². The molecule has 0 aliphatic carbocycles. The Balaban J connectivity index is 3.09. The summed E-state index contributed by atoms with van der Waals surface area (Å²) in [6, 6.07) is 9.47. The number of carbonyl (C=O) groups is 1. The fourth-order valence-corrected chi connectivity index (χ4v) is 1.87. The molecule has 0 unspecified atom stereocenters. The second-order valence-electron chi connectivity index (χ2n) is 4.26. The number of carbonyl (C=O) groups excluding carboxylic acids is 1. The molecule has 1 aromatic rings. The summed E-state index contributed by atoms with van der Waals surface area (Å²) in [6.45, 7) is 6.13. The fraction of sp³-hybridized carbons (Fsp3) is 0.375. The van der Waals surface area contributed by atoms with Crippen LogP contribution in [0.5, 0.6) is 0 Å². The first-order chi connectivity index (χ1) is 9.60. The van der Waals surface area contributed by atoms with Gasteiger partial charge in [-0.3, -0.25) is 4.99 Å². The van der Waals surface area contributed by atoms with Crippen molar-refractivity contribution in [3.63, 3.8) is 0 Å². The van der Waals surface area contributed by atoms with E-state index in [9.17, 15) is 9.90 Å². The largest absolute Gasteiger partial charge is 0.511 e. The van der Waals surface area contributed by atoms with Gasteiger partial charge in [0.15, 0.2) is 0 Å². The van der Waals surface area contributed by atoms with Gasteiger partial charge in [0, 0.05) is 18.7 Å². The summed E-state index contributed by atoms with van der Waals surface area (Å²) in [5.41, 5.74) is 1.59. The van der Waals surface area contributed by atoms with Crippen molar-refractivity contribution in [3.8, 4) is 0 Å².